The van der Waals surface area contributed by atoms with Gasteiger partial charge < -0.3 is 5.11 Å². The van der Waals surface area contributed by atoms with E-state index in [9.17, 15) is 5.11 Å². The standard InChI is InChI=1S/C30H50O/c1-25(2)13-14-27(5)15-17-29(7)22-11-9-20-21(10-12-24(31)26(20,3)4)28(22,6)16-18-30(29,8)23(27)19-25/h9,21-24,31H,10-19H2,1-8H3/t21?,22?,23-,24?,27-,28+,29-,30?/m1/s1. The number of allylic oxidation sites excluding steroid dienone is 1. The number of fused-ring (bicyclic) bond motifs is 7. The molecule has 0 bridgehead atoms. The molecule has 0 saturated heterocycles. The second kappa shape index (κ2) is 6.43. The van der Waals surface area contributed by atoms with E-state index in [0.29, 0.717) is 33.0 Å². The third-order valence-electron chi connectivity index (χ3n) is 13.1. The lowest BCUT2D eigenvalue weighted by molar-refractivity contribution is -0.230. The van der Waals surface area contributed by atoms with Crippen LogP contribution in [0, 0.1) is 50.2 Å². The minimum atomic E-state index is -0.167. The van der Waals surface area contributed by atoms with Crippen LogP contribution in [-0.4, -0.2) is 11.2 Å². The second-order valence-electron chi connectivity index (χ2n) is 15.2. The maximum Gasteiger partial charge on any atom is 0.0628 e. The normalized spacial score (nSPS) is 55.2. The summed E-state index contributed by atoms with van der Waals surface area (Å²) in [7, 11) is 0. The van der Waals surface area contributed by atoms with Crippen LogP contribution in [0.3, 0.4) is 0 Å². The molecular weight excluding hydrogens is 376 g/mol. The molecule has 5 aliphatic rings. The molecule has 1 N–H and O–H groups in total. The molecule has 0 aliphatic heterocycles. The summed E-state index contributed by atoms with van der Waals surface area (Å²) in [6, 6.07) is 0. The van der Waals surface area contributed by atoms with E-state index in [1.165, 1.54) is 57.8 Å². The largest absolute Gasteiger partial charge is 0.392 e. The van der Waals surface area contributed by atoms with Gasteiger partial charge in [-0.15, -0.1) is 0 Å². The first kappa shape index (κ1) is 22.5. The Morgan fingerprint density at radius 2 is 1.35 bits per heavy atom. The Balaban J connectivity index is 1.57. The van der Waals surface area contributed by atoms with Crippen LogP contribution in [0.1, 0.15) is 120 Å². The molecule has 176 valence electrons. The van der Waals surface area contributed by atoms with Gasteiger partial charge in [0, 0.05) is 5.41 Å². The Hall–Kier alpha value is -0.300. The van der Waals surface area contributed by atoms with Gasteiger partial charge in [0.15, 0.2) is 0 Å². The summed E-state index contributed by atoms with van der Waals surface area (Å²) in [5.74, 6) is 2.36. The molecule has 4 saturated carbocycles. The monoisotopic (exact) mass is 426 g/mol. The van der Waals surface area contributed by atoms with Crippen LogP contribution in [0.2, 0.25) is 0 Å². The highest BCUT2D eigenvalue weighted by molar-refractivity contribution is 5.30. The first-order chi connectivity index (χ1) is 14.2. The Labute approximate surface area is 192 Å². The lowest BCUT2D eigenvalue weighted by Gasteiger charge is -2.73. The lowest BCUT2D eigenvalue weighted by Crippen LogP contribution is -2.65. The summed E-state index contributed by atoms with van der Waals surface area (Å²) in [6.07, 6.45) is 15.9. The molecule has 8 atom stereocenters. The number of rotatable bonds is 0. The first-order valence-corrected chi connectivity index (χ1v) is 13.6. The van der Waals surface area contributed by atoms with Crippen molar-refractivity contribution in [2.45, 2.75) is 126 Å². The highest BCUT2D eigenvalue weighted by Crippen LogP contribution is 2.77. The zero-order valence-electron chi connectivity index (χ0n) is 21.9. The molecule has 0 spiro atoms. The van der Waals surface area contributed by atoms with Crippen molar-refractivity contribution in [1.29, 1.82) is 0 Å². The van der Waals surface area contributed by atoms with Gasteiger partial charge in [-0.1, -0.05) is 67.0 Å². The van der Waals surface area contributed by atoms with E-state index in [1.807, 2.05) is 0 Å². The Morgan fingerprint density at radius 1 is 0.742 bits per heavy atom. The molecule has 0 heterocycles. The van der Waals surface area contributed by atoms with E-state index in [-0.39, 0.29) is 11.5 Å². The third kappa shape index (κ3) is 2.77. The number of hydrogen-bond acceptors (Lipinski definition) is 1. The van der Waals surface area contributed by atoms with Gasteiger partial charge in [0.1, 0.15) is 0 Å². The Morgan fingerprint density at radius 3 is 2.06 bits per heavy atom. The topological polar surface area (TPSA) is 20.2 Å². The van der Waals surface area contributed by atoms with Gasteiger partial charge in [0.2, 0.25) is 0 Å². The fraction of sp³-hybridized carbons (Fsp3) is 0.933. The predicted octanol–water partition coefficient (Wildman–Crippen LogP) is 8.17. The van der Waals surface area contributed by atoms with Crippen LogP contribution < -0.4 is 0 Å². The van der Waals surface area contributed by atoms with E-state index in [1.54, 1.807) is 5.57 Å². The average molecular weight is 427 g/mol. The van der Waals surface area contributed by atoms with Crippen LogP contribution in [0.25, 0.3) is 0 Å². The molecule has 31 heavy (non-hydrogen) atoms. The van der Waals surface area contributed by atoms with Gasteiger partial charge in [-0.3, -0.25) is 0 Å². The van der Waals surface area contributed by atoms with Gasteiger partial charge in [-0.2, -0.15) is 0 Å². The predicted molar refractivity (Wildman–Crippen MR) is 131 cm³/mol. The van der Waals surface area contributed by atoms with E-state index < -0.39 is 0 Å². The van der Waals surface area contributed by atoms with Crippen LogP contribution >= 0.6 is 0 Å². The van der Waals surface area contributed by atoms with Gasteiger partial charge in [0.25, 0.3) is 0 Å². The van der Waals surface area contributed by atoms with E-state index >= 15 is 0 Å². The molecule has 5 aliphatic carbocycles. The zero-order chi connectivity index (χ0) is 22.7. The highest BCUT2D eigenvalue weighted by atomic mass is 16.3. The maximum atomic E-state index is 10.8. The second-order valence-corrected chi connectivity index (χ2v) is 15.2. The van der Waals surface area contributed by atoms with Gasteiger partial charge in [-0.05, 0) is 109 Å². The van der Waals surface area contributed by atoms with E-state index in [2.05, 4.69) is 61.5 Å². The maximum absolute atomic E-state index is 10.8. The van der Waals surface area contributed by atoms with Gasteiger partial charge >= 0.3 is 0 Å². The summed E-state index contributed by atoms with van der Waals surface area (Å²) < 4.78 is 0. The van der Waals surface area contributed by atoms with Crippen molar-refractivity contribution < 1.29 is 5.11 Å². The molecule has 0 aromatic heterocycles. The molecule has 1 heteroatoms. The SMILES string of the molecule is CC1(C)CC[C@]2(C)CC[C@]3(C)C4CC=C5C(CCC(O)C5(C)C)[C@]4(C)CCC3(C)[C@@H]2C1. The minimum Gasteiger partial charge on any atom is -0.392 e. The summed E-state index contributed by atoms with van der Waals surface area (Å²) in [5, 5.41) is 10.8. The van der Waals surface area contributed by atoms with Crippen molar-refractivity contribution in [3.63, 3.8) is 0 Å². The van der Waals surface area contributed by atoms with Crippen molar-refractivity contribution in [3.05, 3.63) is 11.6 Å². The minimum absolute atomic E-state index is 0.0446. The van der Waals surface area contributed by atoms with Gasteiger partial charge in [0.05, 0.1) is 6.10 Å². The van der Waals surface area contributed by atoms with Crippen molar-refractivity contribution in [2.24, 2.45) is 50.2 Å². The van der Waals surface area contributed by atoms with Crippen LogP contribution in [0.5, 0.6) is 0 Å². The van der Waals surface area contributed by atoms with Crippen LogP contribution in [0.4, 0.5) is 0 Å². The molecule has 0 aromatic carbocycles. The van der Waals surface area contributed by atoms with Crippen molar-refractivity contribution in [1.82, 2.24) is 0 Å². The number of aliphatic hydroxyl groups excluding tert-OH is 1. The smallest absolute Gasteiger partial charge is 0.0628 e. The fourth-order valence-electron chi connectivity index (χ4n) is 10.4. The molecule has 0 amide bonds. The van der Waals surface area contributed by atoms with Crippen LogP contribution in [0.15, 0.2) is 11.6 Å². The summed E-state index contributed by atoms with van der Waals surface area (Å²) in [5.41, 5.74) is 3.96. The first-order valence-electron chi connectivity index (χ1n) is 13.6. The summed E-state index contributed by atoms with van der Waals surface area (Å²) >= 11 is 0. The highest BCUT2D eigenvalue weighted by Gasteiger charge is 2.69. The molecule has 4 fully saturated rings. The summed E-state index contributed by atoms with van der Waals surface area (Å²) in [4.78, 5) is 0. The quantitative estimate of drug-likeness (QED) is 0.387. The molecule has 5 rings (SSSR count). The number of aliphatic hydroxyl groups is 1. The van der Waals surface area contributed by atoms with Crippen molar-refractivity contribution in [3.8, 4) is 0 Å². The molecule has 1 nitrogen and oxygen atoms in total. The lowest BCUT2D eigenvalue weighted by atomic mass is 9.31. The van der Waals surface area contributed by atoms with E-state index in [0.717, 1.165) is 18.3 Å². The number of hydrogen-bond donors (Lipinski definition) is 1. The molecular formula is C30H50O. The fourth-order valence-corrected chi connectivity index (χ4v) is 10.4. The van der Waals surface area contributed by atoms with Gasteiger partial charge in [-0.25, -0.2) is 0 Å². The van der Waals surface area contributed by atoms with Crippen molar-refractivity contribution >= 4 is 0 Å². The van der Waals surface area contributed by atoms with E-state index in [4.69, 9.17) is 0 Å². The van der Waals surface area contributed by atoms with Crippen LogP contribution in [-0.2, 0) is 0 Å². The molecule has 0 radical (unpaired) electrons. The third-order valence-corrected chi connectivity index (χ3v) is 13.1. The Bertz CT molecular complexity index is 790. The molecule has 0 aromatic rings. The average Bonchev–Trinajstić information content (AvgIpc) is 2.68. The molecule has 4 unspecified atom stereocenters. The van der Waals surface area contributed by atoms with Crippen molar-refractivity contribution in [2.75, 3.05) is 0 Å². The zero-order valence-corrected chi connectivity index (χ0v) is 21.9. The Kier molecular flexibility index (Phi) is 4.66. The summed E-state index contributed by atoms with van der Waals surface area (Å²) in [6.45, 7) is 20.5.